The maximum absolute atomic E-state index is 11.5. The van der Waals surface area contributed by atoms with Crippen LogP contribution in [0.3, 0.4) is 0 Å². The summed E-state index contributed by atoms with van der Waals surface area (Å²) in [4.78, 5) is 27.5. The van der Waals surface area contributed by atoms with Crippen molar-refractivity contribution in [2.24, 2.45) is 0 Å². The predicted molar refractivity (Wildman–Crippen MR) is 176 cm³/mol. The average Bonchev–Trinajstić information content (AvgIpc) is 3.36. The number of rotatable bonds is 15. The van der Waals surface area contributed by atoms with Crippen LogP contribution in [0.2, 0.25) is 20.1 Å². The number of hydrogen-bond donors (Lipinski definition) is 3. The van der Waals surface area contributed by atoms with Crippen molar-refractivity contribution < 1.29 is 29.3 Å². The maximum atomic E-state index is 11.5. The van der Waals surface area contributed by atoms with Gasteiger partial charge in [0.25, 0.3) is 0 Å². The Labute approximate surface area is 278 Å². The van der Waals surface area contributed by atoms with Gasteiger partial charge in [-0.3, -0.25) is 0 Å². The van der Waals surface area contributed by atoms with E-state index in [2.05, 4.69) is 10.3 Å². The first-order chi connectivity index (χ1) is 21.0. The van der Waals surface area contributed by atoms with Crippen LogP contribution in [0.4, 0.5) is 11.4 Å². The number of aryl methyl sites for hydroxylation is 1. The van der Waals surface area contributed by atoms with Crippen molar-refractivity contribution in [3.05, 3.63) is 84.8 Å². The van der Waals surface area contributed by atoms with Gasteiger partial charge in [0.1, 0.15) is 5.01 Å². The zero-order chi connectivity index (χ0) is 31.8. The second-order valence-electron chi connectivity index (χ2n) is 9.71. The van der Waals surface area contributed by atoms with Gasteiger partial charge in [-0.15, -0.1) is 11.3 Å². The number of nitrogens with zero attached hydrogens (tertiary/aromatic N) is 1. The number of para-hydroxylation sites is 1. The van der Waals surface area contributed by atoms with Gasteiger partial charge in [-0.05, 0) is 56.2 Å². The van der Waals surface area contributed by atoms with Crippen molar-refractivity contribution in [3.8, 4) is 22.1 Å². The summed E-state index contributed by atoms with van der Waals surface area (Å²) in [5.41, 5.74) is 1.75. The van der Waals surface area contributed by atoms with Gasteiger partial charge in [0.2, 0.25) is 0 Å². The van der Waals surface area contributed by atoms with Gasteiger partial charge in [-0.2, -0.15) is 0 Å². The van der Waals surface area contributed by atoms with Gasteiger partial charge in [-0.1, -0.05) is 77.8 Å². The van der Waals surface area contributed by atoms with E-state index in [1.54, 1.807) is 49.4 Å². The lowest BCUT2D eigenvalue weighted by atomic mass is 10.1. The normalized spacial score (nSPS) is 10.9. The van der Waals surface area contributed by atoms with Crippen LogP contribution in [0.5, 0.6) is 11.5 Å². The molecule has 0 aliphatic heterocycles. The number of carbonyl (C=O) groups is 2. The second-order valence-corrected chi connectivity index (χ2v) is 12.5. The Balaban J connectivity index is 1.17. The maximum Gasteiger partial charge on any atom is 0.355 e. The molecule has 4 aromatic rings. The number of nitrogens with one attached hydrogen (secondary N) is 1. The minimum Gasteiger partial charge on any atom is -0.490 e. The average molecular weight is 698 g/mol. The Kier molecular flexibility index (Phi) is 12.0. The first kappa shape index (κ1) is 33.7. The number of anilines is 2. The lowest BCUT2D eigenvalue weighted by Gasteiger charge is -2.14. The molecule has 8 nitrogen and oxygen atoms in total. The van der Waals surface area contributed by atoms with Crippen LogP contribution in [-0.2, 0) is 0 Å². The van der Waals surface area contributed by atoms with E-state index in [4.69, 9.17) is 55.9 Å². The summed E-state index contributed by atoms with van der Waals surface area (Å²) in [5, 5.41) is 23.5. The molecule has 0 aliphatic carbocycles. The molecule has 0 spiro atoms. The molecule has 0 amide bonds. The number of unbranched alkanes of at least 4 members (excludes halogenated alkanes) is 4. The summed E-state index contributed by atoms with van der Waals surface area (Å²) in [6.45, 7) is 2.58. The number of aromatic carboxylic acids is 2. The smallest absolute Gasteiger partial charge is 0.355 e. The third-order valence-corrected chi connectivity index (χ3v) is 8.60. The standard InChI is InChI=1S/C31H28Cl4N2O6S/c1-17-26(31(40)41)37-29(44-17)18-13-21(32)27(22(33)14-18)42-11-7-3-2-4-8-12-43-28-23(34)15-19(16-24(28)35)36-25-10-6-5-9-20(25)30(38)39/h5-6,9-10,13-16,36H,2-4,7-8,11-12H2,1H3,(H,38,39)(H,40,41). The Bertz CT molecular complexity index is 1620. The Morgan fingerprint density at radius 1 is 0.795 bits per heavy atom. The Morgan fingerprint density at radius 2 is 1.32 bits per heavy atom. The molecule has 0 radical (unpaired) electrons. The van der Waals surface area contributed by atoms with Crippen molar-refractivity contribution in [3.63, 3.8) is 0 Å². The summed E-state index contributed by atoms with van der Waals surface area (Å²) in [6, 6.07) is 13.2. The fourth-order valence-electron chi connectivity index (χ4n) is 4.33. The highest BCUT2D eigenvalue weighted by Gasteiger charge is 2.18. The minimum atomic E-state index is -1.08. The van der Waals surface area contributed by atoms with Crippen molar-refractivity contribution >= 4 is 81.1 Å². The molecule has 0 atom stereocenters. The van der Waals surface area contributed by atoms with E-state index in [-0.39, 0.29) is 11.3 Å². The quantitative estimate of drug-likeness (QED) is 0.105. The number of thiazole rings is 1. The van der Waals surface area contributed by atoms with Crippen molar-refractivity contribution in [2.75, 3.05) is 18.5 Å². The number of carboxylic acid groups (broad SMARTS) is 2. The monoisotopic (exact) mass is 696 g/mol. The summed E-state index contributed by atoms with van der Waals surface area (Å²) >= 11 is 26.9. The molecule has 0 saturated heterocycles. The van der Waals surface area contributed by atoms with Crippen LogP contribution in [0, 0.1) is 6.92 Å². The van der Waals surface area contributed by atoms with Crippen LogP contribution in [0.15, 0.2) is 48.5 Å². The Hall–Kier alpha value is -3.21. The second kappa shape index (κ2) is 15.7. The number of benzene rings is 3. The number of halogens is 4. The van der Waals surface area contributed by atoms with Crippen molar-refractivity contribution in [1.29, 1.82) is 0 Å². The number of ether oxygens (including phenoxy) is 2. The zero-order valence-corrected chi connectivity index (χ0v) is 27.3. The van der Waals surface area contributed by atoms with Gasteiger partial charge < -0.3 is 25.0 Å². The molecule has 4 rings (SSSR count). The summed E-state index contributed by atoms with van der Waals surface area (Å²) < 4.78 is 11.7. The minimum absolute atomic E-state index is 0.0152. The lowest BCUT2D eigenvalue weighted by Crippen LogP contribution is -2.03. The number of hydrogen-bond acceptors (Lipinski definition) is 7. The lowest BCUT2D eigenvalue weighted by molar-refractivity contribution is 0.0683. The van der Waals surface area contributed by atoms with Crippen LogP contribution in [0.25, 0.3) is 10.6 Å². The summed E-state index contributed by atoms with van der Waals surface area (Å²) in [6.07, 6.45) is 4.44. The fraction of sp³-hybridized carbons (Fsp3) is 0.258. The van der Waals surface area contributed by atoms with Gasteiger partial charge in [0.15, 0.2) is 17.2 Å². The third-order valence-electron chi connectivity index (χ3n) is 6.46. The molecule has 1 aromatic heterocycles. The topological polar surface area (TPSA) is 118 Å². The summed E-state index contributed by atoms with van der Waals surface area (Å²) in [5.74, 6) is -1.35. The van der Waals surface area contributed by atoms with Crippen LogP contribution < -0.4 is 14.8 Å². The highest BCUT2D eigenvalue weighted by atomic mass is 35.5. The molecule has 3 N–H and O–H groups in total. The largest absolute Gasteiger partial charge is 0.490 e. The molecule has 232 valence electrons. The van der Waals surface area contributed by atoms with Crippen molar-refractivity contribution in [1.82, 2.24) is 4.98 Å². The van der Waals surface area contributed by atoms with Crippen LogP contribution >= 0.6 is 57.7 Å². The molecular weight excluding hydrogens is 670 g/mol. The summed E-state index contributed by atoms with van der Waals surface area (Å²) in [7, 11) is 0. The molecule has 0 saturated carbocycles. The van der Waals surface area contributed by atoms with E-state index < -0.39 is 11.9 Å². The Morgan fingerprint density at radius 3 is 1.84 bits per heavy atom. The highest BCUT2D eigenvalue weighted by Crippen LogP contribution is 2.40. The molecule has 1 heterocycles. The van der Waals surface area contributed by atoms with Crippen LogP contribution in [0.1, 0.15) is 57.8 Å². The van der Waals surface area contributed by atoms with Gasteiger partial charge >= 0.3 is 11.9 Å². The van der Waals surface area contributed by atoms with E-state index in [1.165, 1.54) is 17.4 Å². The highest BCUT2D eigenvalue weighted by molar-refractivity contribution is 7.15. The third kappa shape index (κ3) is 8.70. The molecule has 0 bridgehead atoms. The first-order valence-electron chi connectivity index (χ1n) is 13.6. The molecule has 0 unspecified atom stereocenters. The van der Waals surface area contributed by atoms with Gasteiger partial charge in [0, 0.05) is 16.1 Å². The van der Waals surface area contributed by atoms with Gasteiger partial charge in [-0.25, -0.2) is 14.6 Å². The molecule has 0 fully saturated rings. The first-order valence-corrected chi connectivity index (χ1v) is 15.9. The predicted octanol–water partition coefficient (Wildman–Crippen LogP) is 10.3. The molecular formula is C31H28Cl4N2O6S. The van der Waals surface area contributed by atoms with E-state index in [9.17, 15) is 19.8 Å². The van der Waals surface area contributed by atoms with E-state index in [0.29, 0.717) is 71.6 Å². The zero-order valence-electron chi connectivity index (χ0n) is 23.5. The fourth-order valence-corrected chi connectivity index (χ4v) is 6.41. The number of carboxylic acids is 2. The SMILES string of the molecule is Cc1sc(-c2cc(Cl)c(OCCCCCCCOc3c(Cl)cc(Nc4ccccc4C(=O)O)cc3Cl)c(Cl)c2)nc1C(=O)O. The van der Waals surface area contributed by atoms with E-state index in [1.807, 2.05) is 0 Å². The molecule has 0 aliphatic rings. The van der Waals surface area contributed by atoms with Gasteiger partial charge in [0.05, 0.1) is 44.6 Å². The van der Waals surface area contributed by atoms with Crippen molar-refractivity contribution in [2.45, 2.75) is 39.0 Å². The number of aromatic nitrogens is 1. The van der Waals surface area contributed by atoms with Crippen LogP contribution in [-0.4, -0.2) is 40.3 Å². The van der Waals surface area contributed by atoms with E-state index in [0.717, 1.165) is 32.1 Å². The molecule has 13 heteroatoms. The molecule has 44 heavy (non-hydrogen) atoms. The van der Waals surface area contributed by atoms with E-state index >= 15 is 0 Å². The molecule has 3 aromatic carbocycles.